The highest BCUT2D eigenvalue weighted by Crippen LogP contribution is 2.21. The van der Waals surface area contributed by atoms with Crippen LogP contribution in [-0.2, 0) is 4.79 Å². The molecular formula is C14H16N2O. The minimum atomic E-state index is -0.0738. The lowest BCUT2D eigenvalue weighted by Crippen LogP contribution is -2.31. The topological polar surface area (TPSA) is 25.2 Å². The van der Waals surface area contributed by atoms with Gasteiger partial charge in [0, 0.05) is 18.8 Å². The number of likely N-dealkylation sites (N-methyl/N-ethyl adjacent to an activating group) is 1. The predicted octanol–water partition coefficient (Wildman–Crippen LogP) is 2.80. The predicted molar refractivity (Wildman–Crippen MR) is 69.6 cm³/mol. The second-order valence-corrected chi connectivity index (χ2v) is 4.07. The summed E-state index contributed by atoms with van der Waals surface area (Å²) in [5.74, 6) is -0.0738. The molecule has 3 nitrogen and oxygen atoms in total. The maximum absolute atomic E-state index is 11.6. The van der Waals surface area contributed by atoms with Crippen LogP contribution >= 0.6 is 0 Å². The average Bonchev–Trinajstić information content (AvgIpc) is 2.79. The lowest BCUT2D eigenvalue weighted by atomic mass is 10.2. The largest absolute Gasteiger partial charge is 0.327 e. The van der Waals surface area contributed by atoms with Gasteiger partial charge in [0.15, 0.2) is 0 Å². The van der Waals surface area contributed by atoms with Crippen LogP contribution in [0.5, 0.6) is 0 Å². The highest BCUT2D eigenvalue weighted by atomic mass is 16.2. The standard InChI is InChI=1S/C14H16N2O/c1-4-14(17)15(3)11(2)16-10-9-12-7-5-6-8-13(12)16/h4-11H,1H2,2-3H3. The van der Waals surface area contributed by atoms with Gasteiger partial charge in [0.25, 0.3) is 0 Å². The van der Waals surface area contributed by atoms with E-state index in [1.165, 1.54) is 11.5 Å². The van der Waals surface area contributed by atoms with Gasteiger partial charge in [-0.1, -0.05) is 24.8 Å². The Bertz CT molecular complexity index is 556. The van der Waals surface area contributed by atoms with Gasteiger partial charge in [-0.15, -0.1) is 0 Å². The quantitative estimate of drug-likeness (QED) is 0.741. The third-order valence-electron chi connectivity index (χ3n) is 3.11. The average molecular weight is 228 g/mol. The van der Waals surface area contributed by atoms with Gasteiger partial charge in [0.2, 0.25) is 5.91 Å². The maximum atomic E-state index is 11.6. The molecular weight excluding hydrogens is 212 g/mol. The number of benzene rings is 1. The highest BCUT2D eigenvalue weighted by molar-refractivity contribution is 5.87. The Balaban J connectivity index is 2.40. The number of amides is 1. The van der Waals surface area contributed by atoms with Gasteiger partial charge in [0.05, 0.1) is 0 Å². The summed E-state index contributed by atoms with van der Waals surface area (Å²) in [6.07, 6.45) is 3.31. The second-order valence-electron chi connectivity index (χ2n) is 4.07. The van der Waals surface area contributed by atoms with Crippen LogP contribution in [0, 0.1) is 0 Å². The molecule has 0 aliphatic rings. The molecule has 1 atom stereocenters. The Morgan fingerprint density at radius 2 is 2.12 bits per heavy atom. The molecule has 0 saturated carbocycles. The minimum absolute atomic E-state index is 0.0274. The molecule has 0 aliphatic heterocycles. The summed E-state index contributed by atoms with van der Waals surface area (Å²) in [6, 6.07) is 10.2. The van der Waals surface area contributed by atoms with Crippen molar-refractivity contribution in [3.05, 3.63) is 49.2 Å². The minimum Gasteiger partial charge on any atom is -0.327 e. The van der Waals surface area contributed by atoms with Gasteiger partial charge in [-0.2, -0.15) is 0 Å². The Labute approximate surface area is 101 Å². The molecule has 17 heavy (non-hydrogen) atoms. The molecule has 0 N–H and O–H groups in total. The van der Waals surface area contributed by atoms with Crippen LogP contribution in [0.4, 0.5) is 0 Å². The molecule has 1 unspecified atom stereocenters. The Morgan fingerprint density at radius 3 is 2.82 bits per heavy atom. The summed E-state index contributed by atoms with van der Waals surface area (Å²) in [5.41, 5.74) is 1.13. The molecule has 1 aromatic carbocycles. The van der Waals surface area contributed by atoms with E-state index in [0.29, 0.717) is 0 Å². The number of hydrogen-bond acceptors (Lipinski definition) is 1. The summed E-state index contributed by atoms with van der Waals surface area (Å²) < 4.78 is 2.08. The van der Waals surface area contributed by atoms with Crippen molar-refractivity contribution >= 4 is 16.8 Å². The molecule has 0 spiro atoms. The first kappa shape index (κ1) is 11.5. The summed E-state index contributed by atoms with van der Waals surface area (Å²) in [7, 11) is 1.78. The first-order valence-electron chi connectivity index (χ1n) is 5.60. The van der Waals surface area contributed by atoms with E-state index in [1.54, 1.807) is 11.9 Å². The number of rotatable bonds is 3. The first-order valence-corrected chi connectivity index (χ1v) is 5.60. The zero-order chi connectivity index (χ0) is 12.4. The smallest absolute Gasteiger partial charge is 0.247 e. The van der Waals surface area contributed by atoms with E-state index in [9.17, 15) is 4.79 Å². The van der Waals surface area contributed by atoms with Crippen LogP contribution in [0.15, 0.2) is 49.2 Å². The van der Waals surface area contributed by atoms with Crippen molar-refractivity contribution < 1.29 is 4.79 Å². The van der Waals surface area contributed by atoms with E-state index in [0.717, 1.165) is 5.52 Å². The summed E-state index contributed by atoms with van der Waals surface area (Å²) in [5, 5.41) is 1.18. The van der Waals surface area contributed by atoms with Crippen molar-refractivity contribution in [1.29, 1.82) is 0 Å². The molecule has 88 valence electrons. The number of para-hydroxylation sites is 1. The van der Waals surface area contributed by atoms with Gasteiger partial charge in [-0.25, -0.2) is 0 Å². The van der Waals surface area contributed by atoms with Gasteiger partial charge in [-0.3, -0.25) is 4.79 Å². The van der Waals surface area contributed by atoms with Crippen molar-refractivity contribution in [2.24, 2.45) is 0 Å². The molecule has 0 bridgehead atoms. The van der Waals surface area contributed by atoms with Crippen LogP contribution < -0.4 is 0 Å². The number of fused-ring (bicyclic) bond motifs is 1. The Kier molecular flexibility index (Phi) is 3.00. The Morgan fingerprint density at radius 1 is 1.41 bits per heavy atom. The monoisotopic (exact) mass is 228 g/mol. The Hall–Kier alpha value is -2.03. The van der Waals surface area contributed by atoms with E-state index in [4.69, 9.17) is 0 Å². The number of hydrogen-bond donors (Lipinski definition) is 0. The van der Waals surface area contributed by atoms with Crippen molar-refractivity contribution in [2.75, 3.05) is 7.05 Å². The molecule has 1 aromatic heterocycles. The van der Waals surface area contributed by atoms with Crippen molar-refractivity contribution in [3.63, 3.8) is 0 Å². The van der Waals surface area contributed by atoms with E-state index >= 15 is 0 Å². The maximum Gasteiger partial charge on any atom is 0.247 e. The second kappa shape index (κ2) is 4.45. The lowest BCUT2D eigenvalue weighted by Gasteiger charge is -2.25. The van der Waals surface area contributed by atoms with Crippen LogP contribution in [0.3, 0.4) is 0 Å². The van der Waals surface area contributed by atoms with Gasteiger partial charge in [0.1, 0.15) is 6.17 Å². The molecule has 2 aromatic rings. The van der Waals surface area contributed by atoms with Crippen LogP contribution in [0.2, 0.25) is 0 Å². The van der Waals surface area contributed by atoms with Crippen molar-refractivity contribution in [1.82, 2.24) is 9.47 Å². The molecule has 1 heterocycles. The number of aromatic nitrogens is 1. The molecule has 2 rings (SSSR count). The van der Waals surface area contributed by atoms with E-state index < -0.39 is 0 Å². The highest BCUT2D eigenvalue weighted by Gasteiger charge is 2.15. The van der Waals surface area contributed by atoms with Crippen molar-refractivity contribution in [3.8, 4) is 0 Å². The fraction of sp³-hybridized carbons (Fsp3) is 0.214. The lowest BCUT2D eigenvalue weighted by molar-refractivity contribution is -0.127. The summed E-state index contributed by atoms with van der Waals surface area (Å²) in [6.45, 7) is 5.50. The zero-order valence-electron chi connectivity index (χ0n) is 10.1. The molecule has 3 heteroatoms. The zero-order valence-corrected chi connectivity index (χ0v) is 10.1. The molecule has 0 aliphatic carbocycles. The van der Waals surface area contributed by atoms with Crippen molar-refractivity contribution in [2.45, 2.75) is 13.1 Å². The summed E-state index contributed by atoms with van der Waals surface area (Å²) in [4.78, 5) is 13.2. The number of nitrogens with zero attached hydrogens (tertiary/aromatic N) is 2. The molecule has 0 fully saturated rings. The van der Waals surface area contributed by atoms with Crippen LogP contribution in [0.1, 0.15) is 13.1 Å². The molecule has 1 amide bonds. The first-order chi connectivity index (χ1) is 8.15. The fourth-order valence-corrected chi connectivity index (χ4v) is 1.95. The fourth-order valence-electron chi connectivity index (χ4n) is 1.95. The van der Waals surface area contributed by atoms with E-state index in [-0.39, 0.29) is 12.1 Å². The van der Waals surface area contributed by atoms with Crippen LogP contribution in [-0.4, -0.2) is 22.4 Å². The molecule has 0 radical (unpaired) electrons. The van der Waals surface area contributed by atoms with Gasteiger partial charge >= 0.3 is 0 Å². The SMILES string of the molecule is C=CC(=O)N(C)C(C)n1ccc2ccccc21. The normalized spacial score (nSPS) is 12.4. The van der Waals surface area contributed by atoms with Gasteiger partial charge in [-0.05, 0) is 30.5 Å². The third-order valence-corrected chi connectivity index (χ3v) is 3.11. The molecule has 0 saturated heterocycles. The van der Waals surface area contributed by atoms with E-state index in [1.807, 2.05) is 25.3 Å². The third kappa shape index (κ3) is 1.96. The summed E-state index contributed by atoms with van der Waals surface area (Å²) >= 11 is 0. The van der Waals surface area contributed by atoms with E-state index in [2.05, 4.69) is 29.3 Å². The number of carbonyl (C=O) groups excluding carboxylic acids is 1. The number of carbonyl (C=O) groups is 1. The van der Waals surface area contributed by atoms with Gasteiger partial charge < -0.3 is 9.47 Å². The van der Waals surface area contributed by atoms with Crippen LogP contribution in [0.25, 0.3) is 10.9 Å².